The summed E-state index contributed by atoms with van der Waals surface area (Å²) in [6.45, 7) is 5.18. The zero-order valence-corrected chi connectivity index (χ0v) is 9.62. The predicted octanol–water partition coefficient (Wildman–Crippen LogP) is 0.288. The van der Waals surface area contributed by atoms with Gasteiger partial charge in [-0.3, -0.25) is 4.79 Å². The van der Waals surface area contributed by atoms with Crippen molar-refractivity contribution in [1.29, 1.82) is 0 Å². The lowest BCUT2D eigenvalue weighted by molar-refractivity contribution is 0.0925. The maximum absolute atomic E-state index is 11.5. The molecule has 3 N–H and O–H groups in total. The molecule has 0 saturated heterocycles. The molecule has 0 saturated carbocycles. The standard InChI is InChI=1S/C11H18N2O3/c1-8-3-6-16-10(8)11(15)13-5-4-12-7-9(2)14/h3,6,9,12,14H,4-5,7H2,1-2H3,(H,13,15). The summed E-state index contributed by atoms with van der Waals surface area (Å²) in [5, 5.41) is 14.7. The summed E-state index contributed by atoms with van der Waals surface area (Å²) >= 11 is 0. The van der Waals surface area contributed by atoms with Gasteiger partial charge in [-0.15, -0.1) is 0 Å². The van der Waals surface area contributed by atoms with E-state index in [-0.39, 0.29) is 12.0 Å². The third kappa shape index (κ3) is 4.04. The SMILES string of the molecule is Cc1ccoc1C(=O)NCCNCC(C)O. The summed E-state index contributed by atoms with van der Waals surface area (Å²) < 4.78 is 5.05. The Morgan fingerprint density at radius 1 is 1.56 bits per heavy atom. The number of hydrogen-bond acceptors (Lipinski definition) is 4. The van der Waals surface area contributed by atoms with Crippen LogP contribution in [0.1, 0.15) is 23.0 Å². The van der Waals surface area contributed by atoms with Gasteiger partial charge in [0.25, 0.3) is 5.91 Å². The average molecular weight is 226 g/mol. The molecule has 1 atom stereocenters. The molecule has 0 fully saturated rings. The number of aryl methyl sites for hydroxylation is 1. The number of rotatable bonds is 6. The number of hydrogen-bond donors (Lipinski definition) is 3. The number of carbonyl (C=O) groups is 1. The van der Waals surface area contributed by atoms with E-state index in [1.54, 1.807) is 13.0 Å². The minimum atomic E-state index is -0.372. The van der Waals surface area contributed by atoms with Crippen LogP contribution >= 0.6 is 0 Å². The number of nitrogens with one attached hydrogen (secondary N) is 2. The van der Waals surface area contributed by atoms with Crippen LogP contribution in [-0.4, -0.2) is 36.8 Å². The van der Waals surface area contributed by atoms with Crippen molar-refractivity contribution < 1.29 is 14.3 Å². The van der Waals surface area contributed by atoms with Crippen LogP contribution in [0.3, 0.4) is 0 Å². The summed E-state index contributed by atoms with van der Waals surface area (Å²) in [6.07, 6.45) is 1.12. The van der Waals surface area contributed by atoms with Crippen molar-refractivity contribution in [3.63, 3.8) is 0 Å². The third-order valence-corrected chi connectivity index (χ3v) is 2.10. The summed E-state index contributed by atoms with van der Waals surface area (Å²) in [6, 6.07) is 1.75. The van der Waals surface area contributed by atoms with E-state index < -0.39 is 0 Å². The highest BCUT2D eigenvalue weighted by atomic mass is 16.3. The Bertz CT molecular complexity index is 334. The molecular formula is C11H18N2O3. The van der Waals surface area contributed by atoms with Crippen LogP contribution in [0.4, 0.5) is 0 Å². The molecular weight excluding hydrogens is 208 g/mol. The molecule has 0 aliphatic rings. The zero-order chi connectivity index (χ0) is 12.0. The van der Waals surface area contributed by atoms with Crippen LogP contribution in [0, 0.1) is 6.92 Å². The van der Waals surface area contributed by atoms with Gasteiger partial charge in [0.15, 0.2) is 5.76 Å². The first-order valence-corrected chi connectivity index (χ1v) is 5.32. The maximum Gasteiger partial charge on any atom is 0.287 e. The van der Waals surface area contributed by atoms with E-state index in [0.717, 1.165) is 5.56 Å². The monoisotopic (exact) mass is 226 g/mol. The molecule has 0 spiro atoms. The Morgan fingerprint density at radius 2 is 2.31 bits per heavy atom. The van der Waals surface area contributed by atoms with E-state index >= 15 is 0 Å². The van der Waals surface area contributed by atoms with Crippen molar-refractivity contribution in [2.24, 2.45) is 0 Å². The lowest BCUT2D eigenvalue weighted by atomic mass is 10.3. The van der Waals surface area contributed by atoms with E-state index in [0.29, 0.717) is 25.4 Å². The summed E-state index contributed by atoms with van der Waals surface area (Å²) in [5.74, 6) is 0.150. The van der Waals surface area contributed by atoms with E-state index in [1.165, 1.54) is 6.26 Å². The van der Waals surface area contributed by atoms with E-state index in [4.69, 9.17) is 9.52 Å². The number of aliphatic hydroxyl groups is 1. The average Bonchev–Trinajstić information content (AvgIpc) is 2.63. The molecule has 1 unspecified atom stereocenters. The van der Waals surface area contributed by atoms with Crippen molar-refractivity contribution in [3.05, 3.63) is 23.7 Å². The van der Waals surface area contributed by atoms with Crippen LogP contribution in [-0.2, 0) is 0 Å². The first-order valence-electron chi connectivity index (χ1n) is 5.32. The minimum Gasteiger partial charge on any atom is -0.459 e. The van der Waals surface area contributed by atoms with Gasteiger partial charge in [-0.25, -0.2) is 0 Å². The minimum absolute atomic E-state index is 0.207. The van der Waals surface area contributed by atoms with Crippen LogP contribution in [0.25, 0.3) is 0 Å². The Kier molecular flexibility index (Phi) is 5.01. The number of amides is 1. The molecule has 16 heavy (non-hydrogen) atoms. The van der Waals surface area contributed by atoms with Crippen molar-refractivity contribution in [2.75, 3.05) is 19.6 Å². The smallest absolute Gasteiger partial charge is 0.287 e. The van der Waals surface area contributed by atoms with E-state index in [1.807, 2.05) is 6.92 Å². The van der Waals surface area contributed by atoms with Gasteiger partial charge in [0, 0.05) is 25.2 Å². The Morgan fingerprint density at radius 3 is 2.88 bits per heavy atom. The second-order valence-corrected chi connectivity index (χ2v) is 3.74. The lowest BCUT2D eigenvalue weighted by Crippen LogP contribution is -2.34. The van der Waals surface area contributed by atoms with Crippen LogP contribution in [0.15, 0.2) is 16.7 Å². The molecule has 1 rings (SSSR count). The van der Waals surface area contributed by atoms with Crippen LogP contribution in [0.2, 0.25) is 0 Å². The molecule has 90 valence electrons. The molecule has 1 heterocycles. The van der Waals surface area contributed by atoms with Crippen LogP contribution in [0.5, 0.6) is 0 Å². The molecule has 0 radical (unpaired) electrons. The Hall–Kier alpha value is -1.33. The lowest BCUT2D eigenvalue weighted by Gasteiger charge is -2.07. The topological polar surface area (TPSA) is 74.5 Å². The fourth-order valence-electron chi connectivity index (χ4n) is 1.26. The number of carbonyl (C=O) groups excluding carboxylic acids is 1. The highest BCUT2D eigenvalue weighted by Crippen LogP contribution is 2.07. The van der Waals surface area contributed by atoms with Gasteiger partial charge in [0.1, 0.15) is 0 Å². The van der Waals surface area contributed by atoms with E-state index in [2.05, 4.69) is 10.6 Å². The molecule has 1 amide bonds. The predicted molar refractivity (Wildman–Crippen MR) is 60.3 cm³/mol. The first kappa shape index (κ1) is 12.7. The fraction of sp³-hybridized carbons (Fsp3) is 0.545. The zero-order valence-electron chi connectivity index (χ0n) is 9.62. The van der Waals surface area contributed by atoms with Crippen molar-refractivity contribution in [3.8, 4) is 0 Å². The summed E-state index contributed by atoms with van der Waals surface area (Å²) in [7, 11) is 0. The largest absolute Gasteiger partial charge is 0.459 e. The molecule has 0 aromatic carbocycles. The Balaban J connectivity index is 2.19. The van der Waals surface area contributed by atoms with Gasteiger partial charge in [-0.2, -0.15) is 0 Å². The Labute approximate surface area is 94.8 Å². The van der Waals surface area contributed by atoms with Gasteiger partial charge in [0.05, 0.1) is 12.4 Å². The van der Waals surface area contributed by atoms with Crippen LogP contribution < -0.4 is 10.6 Å². The molecule has 0 bridgehead atoms. The highest BCUT2D eigenvalue weighted by molar-refractivity contribution is 5.92. The van der Waals surface area contributed by atoms with Crippen molar-refractivity contribution in [1.82, 2.24) is 10.6 Å². The third-order valence-electron chi connectivity index (χ3n) is 2.10. The van der Waals surface area contributed by atoms with Gasteiger partial charge >= 0.3 is 0 Å². The van der Waals surface area contributed by atoms with E-state index in [9.17, 15) is 4.79 Å². The normalized spacial score (nSPS) is 12.4. The quantitative estimate of drug-likeness (QED) is 0.609. The first-order chi connectivity index (χ1) is 7.61. The van der Waals surface area contributed by atoms with Gasteiger partial charge in [-0.05, 0) is 19.9 Å². The summed E-state index contributed by atoms with van der Waals surface area (Å²) in [4.78, 5) is 11.5. The second-order valence-electron chi connectivity index (χ2n) is 3.74. The highest BCUT2D eigenvalue weighted by Gasteiger charge is 2.11. The molecule has 1 aromatic heterocycles. The summed E-state index contributed by atoms with van der Waals surface area (Å²) in [5.41, 5.74) is 0.828. The second kappa shape index (κ2) is 6.30. The molecule has 5 nitrogen and oxygen atoms in total. The van der Waals surface area contributed by atoms with Crippen molar-refractivity contribution >= 4 is 5.91 Å². The number of aliphatic hydroxyl groups excluding tert-OH is 1. The molecule has 0 aliphatic carbocycles. The maximum atomic E-state index is 11.5. The van der Waals surface area contributed by atoms with Gasteiger partial charge in [-0.1, -0.05) is 0 Å². The molecule has 0 aliphatic heterocycles. The fourth-order valence-corrected chi connectivity index (χ4v) is 1.26. The van der Waals surface area contributed by atoms with Gasteiger partial charge < -0.3 is 20.2 Å². The van der Waals surface area contributed by atoms with Gasteiger partial charge in [0.2, 0.25) is 0 Å². The number of furan rings is 1. The molecule has 1 aromatic rings. The molecule has 5 heteroatoms. The van der Waals surface area contributed by atoms with Crippen molar-refractivity contribution in [2.45, 2.75) is 20.0 Å².